The van der Waals surface area contributed by atoms with E-state index in [-0.39, 0.29) is 0 Å². The second-order valence-corrected chi connectivity index (χ2v) is 3.23. The molecule has 1 fully saturated rings. The minimum atomic E-state index is 0.421. The summed E-state index contributed by atoms with van der Waals surface area (Å²) in [7, 11) is 0. The Hall–Kier alpha value is -0.280. The zero-order valence-corrected chi connectivity index (χ0v) is 10.0. The topological polar surface area (TPSA) is 67.4 Å². The van der Waals surface area contributed by atoms with Gasteiger partial charge in [0.25, 0.3) is 0 Å². The zero-order valence-electron chi connectivity index (χ0n) is 10.0. The number of nitrogens with one attached hydrogen (secondary N) is 1. The van der Waals surface area contributed by atoms with Crippen LogP contribution in [0.4, 0.5) is 0 Å². The molecule has 0 aliphatic carbocycles. The van der Waals surface area contributed by atoms with E-state index in [9.17, 15) is 0 Å². The molecule has 0 unspecified atom stereocenters. The van der Waals surface area contributed by atoms with E-state index >= 15 is 0 Å². The van der Waals surface area contributed by atoms with Crippen LogP contribution in [0.15, 0.2) is 0 Å². The third-order valence-electron chi connectivity index (χ3n) is 1.89. The van der Waals surface area contributed by atoms with Crippen LogP contribution in [-0.4, -0.2) is 66.1 Å². The van der Waals surface area contributed by atoms with E-state index in [4.69, 9.17) is 28.6 Å². The molecule has 7 heteroatoms. The Morgan fingerprint density at radius 1 is 0.412 bits per heavy atom. The Labute approximate surface area is 101 Å². The van der Waals surface area contributed by atoms with Gasteiger partial charge in [-0.25, -0.2) is 0 Å². The molecule has 0 atom stereocenters. The first-order chi connectivity index (χ1) is 8.50. The fraction of sp³-hybridized carbons (Fsp3) is 1.00. The van der Waals surface area contributed by atoms with Crippen LogP contribution in [-0.2, 0) is 28.6 Å². The Kier molecular flexibility index (Phi) is 10.6. The standard InChI is InChI=1S/C10H21NO6/c1-2-13-4-6-15-8-10-17-11-16-9-7-14-5-3-12-1/h11H,1-10H2. The molecule has 0 aromatic heterocycles. The zero-order chi connectivity index (χ0) is 12.0. The molecule has 1 aliphatic rings. The molecule has 1 N–H and O–H groups in total. The lowest BCUT2D eigenvalue weighted by Crippen LogP contribution is -2.21. The van der Waals surface area contributed by atoms with Gasteiger partial charge < -0.3 is 18.9 Å². The Bertz CT molecular complexity index is 90.2. The minimum Gasteiger partial charge on any atom is -0.377 e. The Morgan fingerprint density at radius 2 is 0.706 bits per heavy atom. The first-order valence-electron chi connectivity index (χ1n) is 5.79. The van der Waals surface area contributed by atoms with Gasteiger partial charge in [-0.1, -0.05) is 5.64 Å². The molecule has 0 aromatic rings. The summed E-state index contributed by atoms with van der Waals surface area (Å²) in [5, 5.41) is 0. The van der Waals surface area contributed by atoms with Crippen LogP contribution in [0, 0.1) is 0 Å². The van der Waals surface area contributed by atoms with E-state index in [1.807, 2.05) is 0 Å². The number of ether oxygens (including phenoxy) is 4. The third kappa shape index (κ3) is 10.6. The summed E-state index contributed by atoms with van der Waals surface area (Å²) in [6, 6.07) is 0. The molecule has 0 spiro atoms. The molecule has 0 amide bonds. The maximum absolute atomic E-state index is 5.29. The van der Waals surface area contributed by atoms with Crippen molar-refractivity contribution in [3.05, 3.63) is 0 Å². The average molecular weight is 251 g/mol. The monoisotopic (exact) mass is 251 g/mol. The second kappa shape index (κ2) is 12.2. The molecule has 1 heterocycles. The van der Waals surface area contributed by atoms with Crippen LogP contribution in [0.1, 0.15) is 0 Å². The molecule has 1 saturated heterocycles. The van der Waals surface area contributed by atoms with Crippen molar-refractivity contribution in [2.45, 2.75) is 0 Å². The van der Waals surface area contributed by atoms with E-state index in [0.29, 0.717) is 66.1 Å². The molecular weight excluding hydrogens is 230 g/mol. The van der Waals surface area contributed by atoms with Crippen LogP contribution >= 0.6 is 0 Å². The van der Waals surface area contributed by atoms with E-state index in [2.05, 4.69) is 5.64 Å². The molecule has 7 nitrogen and oxygen atoms in total. The highest BCUT2D eigenvalue weighted by Crippen LogP contribution is 1.84. The van der Waals surface area contributed by atoms with E-state index < -0.39 is 0 Å². The Morgan fingerprint density at radius 3 is 1.06 bits per heavy atom. The smallest absolute Gasteiger partial charge is 0.0942 e. The molecule has 1 aliphatic heterocycles. The quantitative estimate of drug-likeness (QED) is 0.623. The summed E-state index contributed by atoms with van der Waals surface area (Å²) in [6.07, 6.45) is 0. The SMILES string of the molecule is C1COCCOCCONOCCOCCO1. The fourth-order valence-corrected chi connectivity index (χ4v) is 1.09. The summed E-state index contributed by atoms with van der Waals surface area (Å²) in [5.41, 5.74) is 2.36. The largest absolute Gasteiger partial charge is 0.377 e. The van der Waals surface area contributed by atoms with Gasteiger partial charge in [0.1, 0.15) is 0 Å². The molecule has 0 saturated carbocycles. The summed E-state index contributed by atoms with van der Waals surface area (Å²) in [5.74, 6) is 0. The van der Waals surface area contributed by atoms with Crippen LogP contribution < -0.4 is 5.64 Å². The maximum atomic E-state index is 5.29. The molecule has 102 valence electrons. The summed E-state index contributed by atoms with van der Waals surface area (Å²) < 4.78 is 21.1. The van der Waals surface area contributed by atoms with E-state index in [1.165, 1.54) is 0 Å². The van der Waals surface area contributed by atoms with Crippen LogP contribution in [0.5, 0.6) is 0 Å². The van der Waals surface area contributed by atoms with Crippen molar-refractivity contribution >= 4 is 0 Å². The summed E-state index contributed by atoms with van der Waals surface area (Å²) in [4.78, 5) is 9.88. The van der Waals surface area contributed by atoms with Gasteiger partial charge in [0, 0.05) is 0 Å². The van der Waals surface area contributed by atoms with E-state index in [1.54, 1.807) is 0 Å². The Balaban J connectivity index is 2.01. The van der Waals surface area contributed by atoms with Crippen molar-refractivity contribution in [1.29, 1.82) is 0 Å². The number of rotatable bonds is 0. The first-order valence-corrected chi connectivity index (χ1v) is 5.79. The van der Waals surface area contributed by atoms with Crippen LogP contribution in [0.25, 0.3) is 0 Å². The van der Waals surface area contributed by atoms with Gasteiger partial charge in [-0.15, -0.1) is 0 Å². The molecular formula is C10H21NO6. The predicted molar refractivity (Wildman–Crippen MR) is 58.3 cm³/mol. The lowest BCUT2D eigenvalue weighted by Gasteiger charge is -2.07. The highest BCUT2D eigenvalue weighted by Gasteiger charge is 1.95. The van der Waals surface area contributed by atoms with Crippen molar-refractivity contribution in [2.24, 2.45) is 0 Å². The molecule has 0 radical (unpaired) electrons. The van der Waals surface area contributed by atoms with Gasteiger partial charge in [0.2, 0.25) is 0 Å². The van der Waals surface area contributed by atoms with Crippen molar-refractivity contribution < 1.29 is 28.6 Å². The fourth-order valence-electron chi connectivity index (χ4n) is 1.09. The maximum Gasteiger partial charge on any atom is 0.0942 e. The lowest BCUT2D eigenvalue weighted by atomic mass is 10.7. The van der Waals surface area contributed by atoms with Crippen molar-refractivity contribution in [1.82, 2.24) is 5.64 Å². The van der Waals surface area contributed by atoms with Gasteiger partial charge >= 0.3 is 0 Å². The van der Waals surface area contributed by atoms with Gasteiger partial charge in [-0.3, -0.25) is 9.68 Å². The molecule has 0 bridgehead atoms. The van der Waals surface area contributed by atoms with E-state index in [0.717, 1.165) is 0 Å². The van der Waals surface area contributed by atoms with Gasteiger partial charge in [0.05, 0.1) is 66.1 Å². The van der Waals surface area contributed by atoms with Gasteiger partial charge in [-0.2, -0.15) is 0 Å². The lowest BCUT2D eigenvalue weighted by molar-refractivity contribution is -0.184. The predicted octanol–water partition coefficient (Wildman–Crippen LogP) is -0.481. The highest BCUT2D eigenvalue weighted by atomic mass is 16.9. The van der Waals surface area contributed by atoms with Crippen molar-refractivity contribution in [2.75, 3.05) is 66.1 Å². The minimum absolute atomic E-state index is 0.421. The second-order valence-electron chi connectivity index (χ2n) is 3.23. The number of hydrogen-bond acceptors (Lipinski definition) is 7. The first kappa shape index (κ1) is 14.8. The third-order valence-corrected chi connectivity index (χ3v) is 1.89. The van der Waals surface area contributed by atoms with Gasteiger partial charge in [-0.05, 0) is 0 Å². The normalized spacial score (nSPS) is 24.0. The van der Waals surface area contributed by atoms with Crippen molar-refractivity contribution in [3.63, 3.8) is 0 Å². The average Bonchev–Trinajstić information content (AvgIpc) is 2.35. The molecule has 17 heavy (non-hydrogen) atoms. The molecule has 0 aromatic carbocycles. The summed E-state index contributed by atoms with van der Waals surface area (Å²) >= 11 is 0. The van der Waals surface area contributed by atoms with Crippen LogP contribution in [0.3, 0.4) is 0 Å². The van der Waals surface area contributed by atoms with Crippen LogP contribution in [0.2, 0.25) is 0 Å². The molecule has 1 rings (SSSR count). The number of hydrogen-bond donors (Lipinski definition) is 1. The van der Waals surface area contributed by atoms with Crippen molar-refractivity contribution in [3.8, 4) is 0 Å². The van der Waals surface area contributed by atoms with Gasteiger partial charge in [0.15, 0.2) is 0 Å². The summed E-state index contributed by atoms with van der Waals surface area (Å²) in [6.45, 7) is 5.19. The highest BCUT2D eigenvalue weighted by molar-refractivity contribution is 4.35.